The molecule has 7 heteroatoms. The minimum Gasteiger partial charge on any atom is -0.495 e. The maximum absolute atomic E-state index is 12.5. The van der Waals surface area contributed by atoms with E-state index in [9.17, 15) is 14.4 Å². The van der Waals surface area contributed by atoms with E-state index in [1.54, 1.807) is 24.1 Å². The maximum atomic E-state index is 12.5. The van der Waals surface area contributed by atoms with Crippen LogP contribution in [0.1, 0.15) is 17.5 Å². The first-order valence-electron chi connectivity index (χ1n) is 9.48. The third-order valence-corrected chi connectivity index (χ3v) is 5.04. The average Bonchev–Trinajstić information content (AvgIpc) is 3.10. The summed E-state index contributed by atoms with van der Waals surface area (Å²) in [7, 11) is 1.54. The molecule has 0 saturated carbocycles. The molecule has 1 heterocycles. The molecule has 1 atom stereocenters. The van der Waals surface area contributed by atoms with Gasteiger partial charge in [0, 0.05) is 18.7 Å². The van der Waals surface area contributed by atoms with Crippen LogP contribution in [-0.4, -0.2) is 37.9 Å². The number of benzene rings is 2. The Labute approximate surface area is 170 Å². The van der Waals surface area contributed by atoms with Gasteiger partial charge in [0.1, 0.15) is 5.75 Å². The molecular formula is C22H25N3O4. The Balaban J connectivity index is 1.58. The number of amides is 3. The first-order valence-corrected chi connectivity index (χ1v) is 9.48. The molecule has 152 valence electrons. The highest BCUT2D eigenvalue weighted by Gasteiger charge is 2.36. The lowest BCUT2D eigenvalue weighted by Gasteiger charge is -2.19. The topological polar surface area (TPSA) is 87.7 Å². The number of ether oxygens (including phenoxy) is 1. The summed E-state index contributed by atoms with van der Waals surface area (Å²) in [5.41, 5.74) is 3.31. The fourth-order valence-corrected chi connectivity index (χ4v) is 3.48. The van der Waals surface area contributed by atoms with Crippen LogP contribution in [0.25, 0.3) is 0 Å². The number of para-hydroxylation sites is 3. The van der Waals surface area contributed by atoms with Crippen molar-refractivity contribution >= 4 is 29.1 Å². The SMILES string of the molecule is COc1ccccc1N1CC(C(=O)NCC(=O)Nc2c(C)cccc2C)CC1=O. The van der Waals surface area contributed by atoms with Crippen molar-refractivity contribution in [2.24, 2.45) is 5.92 Å². The minimum absolute atomic E-state index is 0.0996. The van der Waals surface area contributed by atoms with E-state index in [0.717, 1.165) is 16.8 Å². The molecule has 2 aromatic rings. The molecular weight excluding hydrogens is 370 g/mol. The summed E-state index contributed by atoms with van der Waals surface area (Å²) in [5.74, 6) is -0.695. The molecule has 1 aliphatic heterocycles. The summed E-state index contributed by atoms with van der Waals surface area (Å²) in [4.78, 5) is 38.7. The number of nitrogens with one attached hydrogen (secondary N) is 2. The molecule has 1 aliphatic rings. The Morgan fingerprint density at radius 3 is 2.48 bits per heavy atom. The summed E-state index contributed by atoms with van der Waals surface area (Å²) in [6.07, 6.45) is 0.0996. The third-order valence-electron chi connectivity index (χ3n) is 5.04. The van der Waals surface area contributed by atoms with Crippen LogP contribution in [0.5, 0.6) is 5.75 Å². The van der Waals surface area contributed by atoms with Gasteiger partial charge in [-0.05, 0) is 37.1 Å². The summed E-state index contributed by atoms with van der Waals surface area (Å²) >= 11 is 0. The number of hydrogen-bond acceptors (Lipinski definition) is 4. The van der Waals surface area contributed by atoms with E-state index in [0.29, 0.717) is 11.4 Å². The summed E-state index contributed by atoms with van der Waals surface area (Å²) in [6, 6.07) is 12.9. The van der Waals surface area contributed by atoms with Gasteiger partial charge in [0.05, 0.1) is 25.3 Å². The van der Waals surface area contributed by atoms with Crippen LogP contribution in [0, 0.1) is 19.8 Å². The smallest absolute Gasteiger partial charge is 0.243 e. The Kier molecular flexibility index (Phi) is 6.16. The van der Waals surface area contributed by atoms with Gasteiger partial charge < -0.3 is 20.3 Å². The Bertz CT molecular complexity index is 921. The zero-order chi connectivity index (χ0) is 21.0. The average molecular weight is 395 g/mol. The molecule has 0 aromatic heterocycles. The van der Waals surface area contributed by atoms with Crippen molar-refractivity contribution < 1.29 is 19.1 Å². The molecule has 29 heavy (non-hydrogen) atoms. The molecule has 2 N–H and O–H groups in total. The van der Waals surface area contributed by atoms with Crippen LogP contribution in [0.3, 0.4) is 0 Å². The standard InChI is InChI=1S/C22H25N3O4/c1-14-7-6-8-15(2)21(14)24-19(26)12-23-22(28)16-11-20(27)25(13-16)17-9-4-5-10-18(17)29-3/h4-10,16H,11-13H2,1-3H3,(H,23,28)(H,24,26). The van der Waals surface area contributed by atoms with Crippen molar-refractivity contribution in [1.82, 2.24) is 5.32 Å². The van der Waals surface area contributed by atoms with Gasteiger partial charge in [-0.1, -0.05) is 30.3 Å². The molecule has 2 aromatic carbocycles. The molecule has 3 amide bonds. The first-order chi connectivity index (χ1) is 13.9. The lowest BCUT2D eigenvalue weighted by molar-refractivity contribution is -0.127. The Hall–Kier alpha value is -3.35. The largest absolute Gasteiger partial charge is 0.495 e. The predicted molar refractivity (Wildman–Crippen MR) is 111 cm³/mol. The number of anilines is 2. The maximum Gasteiger partial charge on any atom is 0.243 e. The van der Waals surface area contributed by atoms with Crippen LogP contribution in [0.4, 0.5) is 11.4 Å². The van der Waals surface area contributed by atoms with Crippen molar-refractivity contribution in [3.05, 3.63) is 53.6 Å². The highest BCUT2D eigenvalue weighted by Crippen LogP contribution is 2.32. The first kappa shape index (κ1) is 20.4. The lowest BCUT2D eigenvalue weighted by Crippen LogP contribution is -2.38. The van der Waals surface area contributed by atoms with E-state index < -0.39 is 5.92 Å². The number of nitrogens with zero attached hydrogens (tertiary/aromatic N) is 1. The molecule has 0 spiro atoms. The van der Waals surface area contributed by atoms with E-state index in [2.05, 4.69) is 10.6 Å². The van der Waals surface area contributed by atoms with Gasteiger partial charge in [-0.15, -0.1) is 0 Å². The summed E-state index contributed by atoms with van der Waals surface area (Å²) in [6.45, 7) is 3.94. The highest BCUT2D eigenvalue weighted by molar-refractivity contribution is 6.02. The summed E-state index contributed by atoms with van der Waals surface area (Å²) in [5, 5.41) is 5.48. The third kappa shape index (κ3) is 4.56. The van der Waals surface area contributed by atoms with Crippen LogP contribution in [0.15, 0.2) is 42.5 Å². The van der Waals surface area contributed by atoms with E-state index in [-0.39, 0.29) is 37.2 Å². The number of carbonyl (C=O) groups excluding carboxylic acids is 3. The lowest BCUT2D eigenvalue weighted by atomic mass is 10.1. The van der Waals surface area contributed by atoms with Crippen LogP contribution in [0.2, 0.25) is 0 Å². The second kappa shape index (κ2) is 8.77. The van der Waals surface area contributed by atoms with E-state index in [1.807, 2.05) is 44.2 Å². The fraction of sp³-hybridized carbons (Fsp3) is 0.318. The van der Waals surface area contributed by atoms with Crippen molar-refractivity contribution in [2.45, 2.75) is 20.3 Å². The predicted octanol–water partition coefficient (Wildman–Crippen LogP) is 2.42. The van der Waals surface area contributed by atoms with Crippen molar-refractivity contribution in [2.75, 3.05) is 30.4 Å². The van der Waals surface area contributed by atoms with Crippen LogP contribution < -0.4 is 20.3 Å². The van der Waals surface area contributed by atoms with Gasteiger partial charge in [-0.3, -0.25) is 14.4 Å². The van der Waals surface area contributed by atoms with Crippen LogP contribution in [-0.2, 0) is 14.4 Å². The van der Waals surface area contributed by atoms with Crippen LogP contribution >= 0.6 is 0 Å². The van der Waals surface area contributed by atoms with Gasteiger partial charge >= 0.3 is 0 Å². The second-order valence-electron chi connectivity index (χ2n) is 7.11. The quantitative estimate of drug-likeness (QED) is 0.786. The Morgan fingerprint density at radius 2 is 1.79 bits per heavy atom. The number of aryl methyl sites for hydroxylation is 2. The Morgan fingerprint density at radius 1 is 1.10 bits per heavy atom. The second-order valence-corrected chi connectivity index (χ2v) is 7.11. The molecule has 7 nitrogen and oxygen atoms in total. The monoisotopic (exact) mass is 395 g/mol. The van der Waals surface area contributed by atoms with E-state index in [1.165, 1.54) is 0 Å². The minimum atomic E-state index is -0.514. The molecule has 1 unspecified atom stereocenters. The van der Waals surface area contributed by atoms with Gasteiger partial charge in [0.15, 0.2) is 0 Å². The zero-order valence-corrected chi connectivity index (χ0v) is 16.8. The molecule has 1 fully saturated rings. The van der Waals surface area contributed by atoms with Gasteiger partial charge in [0.25, 0.3) is 0 Å². The summed E-state index contributed by atoms with van der Waals surface area (Å²) < 4.78 is 5.31. The molecule has 0 bridgehead atoms. The highest BCUT2D eigenvalue weighted by atomic mass is 16.5. The van der Waals surface area contributed by atoms with Gasteiger partial charge in [-0.25, -0.2) is 0 Å². The van der Waals surface area contributed by atoms with E-state index >= 15 is 0 Å². The number of carbonyl (C=O) groups is 3. The number of rotatable bonds is 6. The van der Waals surface area contributed by atoms with Crippen molar-refractivity contribution in [3.8, 4) is 5.75 Å². The molecule has 0 aliphatic carbocycles. The van der Waals surface area contributed by atoms with Crippen molar-refractivity contribution in [1.29, 1.82) is 0 Å². The number of hydrogen-bond donors (Lipinski definition) is 2. The fourth-order valence-electron chi connectivity index (χ4n) is 3.48. The van der Waals surface area contributed by atoms with Crippen molar-refractivity contribution in [3.63, 3.8) is 0 Å². The zero-order valence-electron chi connectivity index (χ0n) is 16.8. The van der Waals surface area contributed by atoms with Gasteiger partial charge in [0.2, 0.25) is 17.7 Å². The molecule has 3 rings (SSSR count). The molecule has 1 saturated heterocycles. The number of methoxy groups -OCH3 is 1. The normalized spacial score (nSPS) is 15.9. The van der Waals surface area contributed by atoms with E-state index in [4.69, 9.17) is 4.74 Å². The van der Waals surface area contributed by atoms with Gasteiger partial charge in [-0.2, -0.15) is 0 Å². The molecule has 0 radical (unpaired) electrons.